The normalized spacial score (nSPS) is 12.8. The van der Waals surface area contributed by atoms with Gasteiger partial charge in [0.25, 0.3) is 0 Å². The number of hydrogen-bond acceptors (Lipinski definition) is 4. The quantitative estimate of drug-likeness (QED) is 0.305. The standard InChI is InChI=1S/C26H40N2O2/c1-5-9-21(3)27-23-11-15-25(16-12-23)29-19-7-8-20-30-26-17-13-24(14-18-26)28-22(4)10-6-2/h11-18,21-22,27-28H,5-10,19-20H2,1-4H3. The average Bonchev–Trinajstić information content (AvgIpc) is 2.73. The number of ether oxygens (including phenoxy) is 2. The summed E-state index contributed by atoms with van der Waals surface area (Å²) >= 11 is 0. The molecule has 4 nitrogen and oxygen atoms in total. The van der Waals surface area contributed by atoms with Gasteiger partial charge in [-0.25, -0.2) is 0 Å². The van der Waals surface area contributed by atoms with E-state index in [-0.39, 0.29) is 0 Å². The average molecular weight is 413 g/mol. The van der Waals surface area contributed by atoms with Crippen molar-refractivity contribution >= 4 is 11.4 Å². The van der Waals surface area contributed by atoms with E-state index in [0.717, 1.165) is 35.7 Å². The highest BCUT2D eigenvalue weighted by molar-refractivity contribution is 5.47. The Bertz CT molecular complexity index is 624. The monoisotopic (exact) mass is 412 g/mol. The molecule has 2 unspecified atom stereocenters. The molecule has 2 aromatic rings. The Morgan fingerprint density at radius 2 is 1.00 bits per heavy atom. The van der Waals surface area contributed by atoms with Gasteiger partial charge in [-0.2, -0.15) is 0 Å². The maximum absolute atomic E-state index is 5.85. The second kappa shape index (κ2) is 13.8. The summed E-state index contributed by atoms with van der Waals surface area (Å²) in [4.78, 5) is 0. The van der Waals surface area contributed by atoms with Crippen molar-refractivity contribution in [2.75, 3.05) is 23.8 Å². The van der Waals surface area contributed by atoms with E-state index >= 15 is 0 Å². The summed E-state index contributed by atoms with van der Waals surface area (Å²) in [5.74, 6) is 1.84. The van der Waals surface area contributed by atoms with Gasteiger partial charge in [0.1, 0.15) is 11.5 Å². The van der Waals surface area contributed by atoms with E-state index in [4.69, 9.17) is 9.47 Å². The van der Waals surface area contributed by atoms with E-state index in [9.17, 15) is 0 Å². The minimum Gasteiger partial charge on any atom is -0.494 e. The second-order valence-corrected chi connectivity index (χ2v) is 8.12. The van der Waals surface area contributed by atoms with Crippen LogP contribution in [0.4, 0.5) is 11.4 Å². The van der Waals surface area contributed by atoms with Crippen LogP contribution < -0.4 is 20.1 Å². The second-order valence-electron chi connectivity index (χ2n) is 8.12. The first kappa shape index (κ1) is 23.9. The van der Waals surface area contributed by atoms with E-state index in [1.54, 1.807) is 0 Å². The van der Waals surface area contributed by atoms with Gasteiger partial charge in [0.2, 0.25) is 0 Å². The molecule has 2 aromatic carbocycles. The maximum Gasteiger partial charge on any atom is 0.119 e. The first-order valence-corrected chi connectivity index (χ1v) is 11.6. The van der Waals surface area contributed by atoms with Crippen molar-refractivity contribution in [3.05, 3.63) is 48.5 Å². The minimum atomic E-state index is 0.499. The summed E-state index contributed by atoms with van der Waals surface area (Å²) in [6.07, 6.45) is 6.70. The zero-order chi connectivity index (χ0) is 21.6. The number of benzene rings is 2. The van der Waals surface area contributed by atoms with Gasteiger partial charge in [-0.3, -0.25) is 0 Å². The van der Waals surface area contributed by atoms with Crippen LogP contribution in [0.25, 0.3) is 0 Å². The molecule has 0 saturated carbocycles. The molecule has 30 heavy (non-hydrogen) atoms. The number of unbranched alkanes of at least 4 members (excludes halogenated alkanes) is 1. The third-order valence-corrected chi connectivity index (χ3v) is 5.05. The fourth-order valence-electron chi connectivity index (χ4n) is 3.46. The summed E-state index contributed by atoms with van der Waals surface area (Å²) in [5, 5.41) is 7.02. The van der Waals surface area contributed by atoms with Crippen molar-refractivity contribution in [1.82, 2.24) is 0 Å². The molecule has 4 heteroatoms. The molecule has 0 aliphatic carbocycles. The molecule has 0 aliphatic rings. The molecule has 2 atom stereocenters. The Kier molecular flexibility index (Phi) is 11.0. The van der Waals surface area contributed by atoms with Gasteiger partial charge in [-0.15, -0.1) is 0 Å². The Hall–Kier alpha value is -2.36. The van der Waals surface area contributed by atoms with Gasteiger partial charge in [0, 0.05) is 23.5 Å². The predicted molar refractivity (Wildman–Crippen MR) is 129 cm³/mol. The van der Waals surface area contributed by atoms with Crippen LogP contribution in [0.3, 0.4) is 0 Å². The zero-order valence-electron chi connectivity index (χ0n) is 19.2. The van der Waals surface area contributed by atoms with Crippen molar-refractivity contribution < 1.29 is 9.47 Å². The van der Waals surface area contributed by atoms with Gasteiger partial charge in [-0.1, -0.05) is 26.7 Å². The highest BCUT2D eigenvalue weighted by atomic mass is 16.5. The Morgan fingerprint density at radius 1 is 0.633 bits per heavy atom. The number of rotatable bonds is 15. The SMILES string of the molecule is CCCC(C)Nc1ccc(OCCCCOc2ccc(NC(C)CCC)cc2)cc1. The Morgan fingerprint density at radius 3 is 1.33 bits per heavy atom. The van der Waals surface area contributed by atoms with Crippen molar-refractivity contribution in [2.45, 2.75) is 78.3 Å². The van der Waals surface area contributed by atoms with Crippen molar-refractivity contribution in [3.63, 3.8) is 0 Å². The van der Waals surface area contributed by atoms with Crippen LogP contribution in [0.5, 0.6) is 11.5 Å². The van der Waals surface area contributed by atoms with E-state index < -0.39 is 0 Å². The lowest BCUT2D eigenvalue weighted by Crippen LogP contribution is -2.14. The third-order valence-electron chi connectivity index (χ3n) is 5.05. The maximum atomic E-state index is 5.85. The molecule has 0 fully saturated rings. The summed E-state index contributed by atoms with van der Waals surface area (Å²) in [5.41, 5.74) is 2.30. The van der Waals surface area contributed by atoms with Gasteiger partial charge in [0.05, 0.1) is 13.2 Å². The largest absolute Gasteiger partial charge is 0.494 e. The minimum absolute atomic E-state index is 0.499. The molecule has 0 aromatic heterocycles. The molecular weight excluding hydrogens is 372 g/mol. The van der Waals surface area contributed by atoms with Gasteiger partial charge in [0.15, 0.2) is 0 Å². The predicted octanol–water partition coefficient (Wildman–Crippen LogP) is 7.13. The molecular formula is C26H40N2O2. The molecule has 0 amide bonds. The molecule has 0 bridgehead atoms. The molecule has 2 rings (SSSR count). The number of hydrogen-bond donors (Lipinski definition) is 2. The first-order chi connectivity index (χ1) is 14.6. The third kappa shape index (κ3) is 9.43. The fourth-order valence-corrected chi connectivity index (χ4v) is 3.46. The zero-order valence-corrected chi connectivity index (χ0v) is 19.2. The molecule has 0 radical (unpaired) electrons. The topological polar surface area (TPSA) is 42.5 Å². The molecule has 166 valence electrons. The van der Waals surface area contributed by atoms with Crippen LogP contribution in [0, 0.1) is 0 Å². The van der Waals surface area contributed by atoms with E-state index in [0.29, 0.717) is 25.3 Å². The fraction of sp³-hybridized carbons (Fsp3) is 0.538. The first-order valence-electron chi connectivity index (χ1n) is 11.6. The molecule has 0 aliphatic heterocycles. The van der Waals surface area contributed by atoms with Crippen molar-refractivity contribution in [3.8, 4) is 11.5 Å². The summed E-state index contributed by atoms with van der Waals surface area (Å²) in [6, 6.07) is 17.5. The molecule has 0 heterocycles. The lowest BCUT2D eigenvalue weighted by atomic mass is 10.2. The lowest BCUT2D eigenvalue weighted by Gasteiger charge is -2.15. The lowest BCUT2D eigenvalue weighted by molar-refractivity contribution is 0.266. The highest BCUT2D eigenvalue weighted by Crippen LogP contribution is 2.19. The number of nitrogens with one attached hydrogen (secondary N) is 2. The Labute approximate surface area is 183 Å². The van der Waals surface area contributed by atoms with Crippen LogP contribution in [0.2, 0.25) is 0 Å². The van der Waals surface area contributed by atoms with Crippen LogP contribution in [0.1, 0.15) is 66.2 Å². The smallest absolute Gasteiger partial charge is 0.119 e. The van der Waals surface area contributed by atoms with Gasteiger partial charge in [-0.05, 0) is 88.1 Å². The van der Waals surface area contributed by atoms with E-state index in [2.05, 4.69) is 62.6 Å². The van der Waals surface area contributed by atoms with Crippen LogP contribution in [-0.4, -0.2) is 25.3 Å². The van der Waals surface area contributed by atoms with Crippen molar-refractivity contribution in [1.29, 1.82) is 0 Å². The molecule has 0 saturated heterocycles. The molecule has 2 N–H and O–H groups in total. The van der Waals surface area contributed by atoms with E-state index in [1.807, 2.05) is 24.3 Å². The van der Waals surface area contributed by atoms with Gasteiger partial charge >= 0.3 is 0 Å². The number of anilines is 2. The van der Waals surface area contributed by atoms with E-state index in [1.165, 1.54) is 25.7 Å². The van der Waals surface area contributed by atoms with Crippen LogP contribution >= 0.6 is 0 Å². The van der Waals surface area contributed by atoms with Crippen molar-refractivity contribution in [2.24, 2.45) is 0 Å². The summed E-state index contributed by atoms with van der Waals surface area (Å²) in [7, 11) is 0. The van der Waals surface area contributed by atoms with Crippen LogP contribution in [0.15, 0.2) is 48.5 Å². The Balaban J connectivity index is 1.58. The molecule has 0 spiro atoms. The van der Waals surface area contributed by atoms with Crippen LogP contribution in [-0.2, 0) is 0 Å². The van der Waals surface area contributed by atoms with Gasteiger partial charge < -0.3 is 20.1 Å². The summed E-state index contributed by atoms with van der Waals surface area (Å²) in [6.45, 7) is 10.3. The summed E-state index contributed by atoms with van der Waals surface area (Å²) < 4.78 is 11.7. The highest BCUT2D eigenvalue weighted by Gasteiger charge is 2.02.